The second kappa shape index (κ2) is 14.2. The summed E-state index contributed by atoms with van der Waals surface area (Å²) in [6.45, 7) is 5.70. The average Bonchev–Trinajstić information content (AvgIpc) is 2.83. The van der Waals surface area contributed by atoms with Crippen LogP contribution in [0.4, 0.5) is 0 Å². The van der Waals surface area contributed by atoms with Crippen molar-refractivity contribution in [2.24, 2.45) is 0 Å². The van der Waals surface area contributed by atoms with Gasteiger partial charge in [-0.1, -0.05) is 48.8 Å². The standard InChI is InChI=1S/C24H30BN2O3PS/c1-28-16-17-30-19-18-29-15-14-26-10-6-22(7-11-26)23-8-12-27(13-9-23)20-21-2-4-24(5-3-21)25-31-32/h2-13,25H,14-20H2,1H3/q+2. The maximum Gasteiger partial charge on any atom is 0.232 e. The Labute approximate surface area is 198 Å². The molecule has 1 aromatic carbocycles. The van der Waals surface area contributed by atoms with Gasteiger partial charge < -0.3 is 14.2 Å². The molecular formula is C24H30BN2O3PS+2. The molecule has 0 spiro atoms. The van der Waals surface area contributed by atoms with Crippen LogP contribution < -0.4 is 14.6 Å². The van der Waals surface area contributed by atoms with E-state index in [1.165, 1.54) is 22.2 Å². The zero-order chi connectivity index (χ0) is 22.4. The number of nitrogens with zero attached hydrogens (tertiary/aromatic N) is 2. The number of rotatable bonds is 14. The van der Waals surface area contributed by atoms with E-state index in [1.54, 1.807) is 7.11 Å². The third-order valence-electron chi connectivity index (χ3n) is 5.05. The first-order valence-corrected chi connectivity index (χ1v) is 12.9. The van der Waals surface area contributed by atoms with E-state index in [9.17, 15) is 0 Å². The minimum Gasteiger partial charge on any atom is -0.382 e. The average molecular weight is 468 g/mol. The largest absolute Gasteiger partial charge is 0.382 e. The molecular weight excluding hydrogens is 438 g/mol. The van der Waals surface area contributed by atoms with Crippen molar-refractivity contribution in [3.63, 3.8) is 0 Å². The van der Waals surface area contributed by atoms with Crippen LogP contribution in [0, 0.1) is 0 Å². The molecule has 0 amide bonds. The van der Waals surface area contributed by atoms with E-state index in [0.717, 1.165) is 27.3 Å². The first-order valence-electron chi connectivity index (χ1n) is 10.8. The molecule has 0 unspecified atom stereocenters. The molecule has 2 heterocycles. The van der Waals surface area contributed by atoms with E-state index in [4.69, 9.17) is 26.0 Å². The summed E-state index contributed by atoms with van der Waals surface area (Å²) < 4.78 is 20.3. The van der Waals surface area contributed by atoms with Gasteiger partial charge in [-0.2, -0.15) is 0 Å². The van der Waals surface area contributed by atoms with Gasteiger partial charge in [0.05, 0.1) is 26.4 Å². The quantitative estimate of drug-likeness (QED) is 0.157. The monoisotopic (exact) mass is 468 g/mol. The zero-order valence-electron chi connectivity index (χ0n) is 18.6. The van der Waals surface area contributed by atoms with Gasteiger partial charge in [0.25, 0.3) is 0 Å². The van der Waals surface area contributed by atoms with Crippen LogP contribution in [0.1, 0.15) is 5.56 Å². The second-order valence-corrected chi connectivity index (χ2v) is 8.75. The zero-order valence-corrected chi connectivity index (χ0v) is 20.3. The van der Waals surface area contributed by atoms with Crippen molar-refractivity contribution < 1.29 is 23.3 Å². The summed E-state index contributed by atoms with van der Waals surface area (Å²) in [6.07, 6.45) is 8.46. The third kappa shape index (κ3) is 8.49. The lowest BCUT2D eigenvalue weighted by molar-refractivity contribution is -0.698. The summed E-state index contributed by atoms with van der Waals surface area (Å²) in [5.74, 6) is 0. The lowest BCUT2D eigenvalue weighted by atomic mass is 9.93. The minimum absolute atomic E-state index is 0.598. The Morgan fingerprint density at radius 2 is 1.31 bits per heavy atom. The van der Waals surface area contributed by atoms with Crippen LogP contribution in [-0.2, 0) is 39.1 Å². The first-order chi connectivity index (χ1) is 15.8. The molecule has 0 saturated heterocycles. The predicted octanol–water partition coefficient (Wildman–Crippen LogP) is 2.04. The number of hydrogen-bond acceptors (Lipinski definition) is 4. The van der Waals surface area contributed by atoms with Crippen LogP contribution in [0.2, 0.25) is 0 Å². The molecule has 0 radical (unpaired) electrons. The molecule has 32 heavy (non-hydrogen) atoms. The lowest BCUT2D eigenvalue weighted by Crippen LogP contribution is -2.35. The molecule has 8 heteroatoms. The fourth-order valence-electron chi connectivity index (χ4n) is 3.22. The molecule has 3 aromatic rings. The normalized spacial score (nSPS) is 11.0. The molecule has 0 bridgehead atoms. The van der Waals surface area contributed by atoms with E-state index < -0.39 is 0 Å². The number of pyridine rings is 2. The van der Waals surface area contributed by atoms with E-state index in [-0.39, 0.29) is 0 Å². The highest BCUT2D eigenvalue weighted by Gasteiger charge is 2.07. The van der Waals surface area contributed by atoms with Gasteiger partial charge in [0.1, 0.15) is 6.61 Å². The lowest BCUT2D eigenvalue weighted by Gasteiger charge is -2.04. The van der Waals surface area contributed by atoms with Gasteiger partial charge in [-0.05, 0) is 11.1 Å². The number of ether oxygens (including phenoxy) is 3. The van der Waals surface area contributed by atoms with Gasteiger partial charge in [0, 0.05) is 36.9 Å². The molecule has 0 saturated carbocycles. The van der Waals surface area contributed by atoms with Gasteiger partial charge in [-0.3, -0.25) is 0 Å². The van der Waals surface area contributed by atoms with Crippen LogP contribution in [0.5, 0.6) is 0 Å². The molecule has 0 N–H and O–H groups in total. The van der Waals surface area contributed by atoms with Gasteiger partial charge in [0.2, 0.25) is 7.00 Å². The highest BCUT2D eigenvalue weighted by atomic mass is 32.4. The molecule has 166 valence electrons. The Morgan fingerprint density at radius 3 is 1.91 bits per heavy atom. The molecule has 2 aromatic heterocycles. The maximum atomic E-state index is 5.62. The number of aromatic nitrogens is 2. The summed E-state index contributed by atoms with van der Waals surface area (Å²) >= 11 is 5.03. The Balaban J connectivity index is 1.44. The van der Waals surface area contributed by atoms with E-state index in [0.29, 0.717) is 33.0 Å². The van der Waals surface area contributed by atoms with Crippen molar-refractivity contribution in [1.29, 1.82) is 0 Å². The number of hydrogen-bond donors (Lipinski definition) is 0. The van der Waals surface area contributed by atoms with E-state index in [2.05, 4.69) is 82.5 Å². The number of benzene rings is 1. The second-order valence-electron chi connectivity index (χ2n) is 7.41. The smallest absolute Gasteiger partial charge is 0.232 e. The summed E-state index contributed by atoms with van der Waals surface area (Å²) in [5, 5.41) is 0. The predicted molar refractivity (Wildman–Crippen MR) is 132 cm³/mol. The fraction of sp³-hybridized carbons (Fsp3) is 0.333. The van der Waals surface area contributed by atoms with Crippen molar-refractivity contribution in [1.82, 2.24) is 0 Å². The highest BCUT2D eigenvalue weighted by Crippen LogP contribution is 2.15. The minimum atomic E-state index is 0.598. The van der Waals surface area contributed by atoms with Crippen molar-refractivity contribution in [2.45, 2.75) is 13.1 Å². The fourth-order valence-corrected chi connectivity index (χ4v) is 4.03. The van der Waals surface area contributed by atoms with Crippen LogP contribution in [0.25, 0.3) is 11.1 Å². The van der Waals surface area contributed by atoms with E-state index >= 15 is 0 Å². The molecule has 0 atom stereocenters. The van der Waals surface area contributed by atoms with Gasteiger partial charge >= 0.3 is 0 Å². The van der Waals surface area contributed by atoms with Crippen molar-refractivity contribution in [3.05, 3.63) is 78.9 Å². The number of methoxy groups -OCH3 is 1. The van der Waals surface area contributed by atoms with Crippen LogP contribution in [0.15, 0.2) is 73.3 Å². The third-order valence-corrected chi connectivity index (χ3v) is 5.93. The molecule has 3 rings (SSSR count). The molecule has 0 fully saturated rings. The summed E-state index contributed by atoms with van der Waals surface area (Å²) in [7, 11) is 2.66. The van der Waals surface area contributed by atoms with Crippen molar-refractivity contribution in [3.8, 4) is 11.1 Å². The van der Waals surface area contributed by atoms with Gasteiger partial charge in [-0.15, -0.1) is 0 Å². The van der Waals surface area contributed by atoms with Crippen LogP contribution in [0.3, 0.4) is 0 Å². The molecule has 0 aliphatic carbocycles. The van der Waals surface area contributed by atoms with Crippen LogP contribution >= 0.6 is 7.23 Å². The molecule has 0 aliphatic heterocycles. The summed E-state index contributed by atoms with van der Waals surface area (Å²) in [6, 6.07) is 17.3. The topological polar surface area (TPSA) is 35.5 Å². The molecule has 5 nitrogen and oxygen atoms in total. The van der Waals surface area contributed by atoms with Crippen LogP contribution in [-0.4, -0.2) is 47.1 Å². The Bertz CT molecular complexity index is 941. The first kappa shape index (κ1) is 24.6. The van der Waals surface area contributed by atoms with E-state index in [1.807, 2.05) is 0 Å². The summed E-state index contributed by atoms with van der Waals surface area (Å²) in [5.41, 5.74) is 4.99. The Morgan fingerprint density at radius 1 is 0.750 bits per heavy atom. The van der Waals surface area contributed by atoms with Gasteiger partial charge in [-0.25, -0.2) is 9.13 Å². The highest BCUT2D eigenvalue weighted by molar-refractivity contribution is 8.09. The Hall–Kier alpha value is -2.02. The van der Waals surface area contributed by atoms with Crippen molar-refractivity contribution >= 4 is 31.5 Å². The summed E-state index contributed by atoms with van der Waals surface area (Å²) in [4.78, 5) is 0. The molecule has 0 aliphatic rings. The maximum absolute atomic E-state index is 5.62. The SMILES string of the molecule is COCCOCCOCC[n+]1ccc(-c2cc[n+](Cc3ccc(BP=S)cc3)cc2)cc1. The van der Waals surface area contributed by atoms with Gasteiger partial charge in [0.15, 0.2) is 37.9 Å². The van der Waals surface area contributed by atoms with Crippen molar-refractivity contribution in [2.75, 3.05) is 40.1 Å². The Kier molecular flexibility index (Phi) is 10.9.